The molecule has 0 saturated carbocycles. The van der Waals surface area contributed by atoms with E-state index in [4.69, 9.17) is 0 Å². The predicted octanol–water partition coefficient (Wildman–Crippen LogP) is 0.633. The molecule has 5 heteroatoms. The first-order valence-corrected chi connectivity index (χ1v) is 6.93. The fraction of sp³-hybridized carbons (Fsp3) is 0.364. The van der Waals surface area contributed by atoms with Crippen molar-refractivity contribution in [1.29, 1.82) is 0 Å². The normalized spacial score (nSPS) is 11.4. The zero-order valence-corrected chi connectivity index (χ0v) is 10.2. The lowest BCUT2D eigenvalue weighted by atomic mass is 10.1. The van der Waals surface area contributed by atoms with Crippen LogP contribution in [-0.4, -0.2) is 34.0 Å². The van der Waals surface area contributed by atoms with Crippen LogP contribution in [-0.2, 0) is 15.6 Å². The Hall–Kier alpha value is -1.20. The van der Waals surface area contributed by atoms with E-state index in [1.54, 1.807) is 31.3 Å². The van der Waals surface area contributed by atoms with E-state index in [2.05, 4.69) is 5.32 Å². The van der Waals surface area contributed by atoms with Gasteiger partial charge in [-0.05, 0) is 18.7 Å². The van der Waals surface area contributed by atoms with E-state index in [9.17, 15) is 13.2 Å². The number of rotatable bonds is 5. The highest BCUT2D eigenvalue weighted by molar-refractivity contribution is 7.89. The number of Topliss-reactive ketones (excluding diaryl/α,β-unsaturated/α-hetero) is 1. The molecule has 0 aliphatic rings. The van der Waals surface area contributed by atoms with Crippen LogP contribution in [0.25, 0.3) is 0 Å². The van der Waals surface area contributed by atoms with Gasteiger partial charge < -0.3 is 5.32 Å². The van der Waals surface area contributed by atoms with E-state index in [0.717, 1.165) is 0 Å². The van der Waals surface area contributed by atoms with Crippen molar-refractivity contribution in [1.82, 2.24) is 5.32 Å². The molecule has 88 valence electrons. The third-order valence-corrected chi connectivity index (χ3v) is 2.87. The van der Waals surface area contributed by atoms with Gasteiger partial charge in [0.15, 0.2) is 15.6 Å². The second kappa shape index (κ2) is 5.23. The molecule has 1 aromatic rings. The van der Waals surface area contributed by atoms with Crippen molar-refractivity contribution >= 4 is 15.6 Å². The zero-order chi connectivity index (χ0) is 12.2. The summed E-state index contributed by atoms with van der Waals surface area (Å²) in [5, 5.41) is 2.77. The van der Waals surface area contributed by atoms with E-state index >= 15 is 0 Å². The highest BCUT2D eigenvalue weighted by Crippen LogP contribution is 2.09. The Kier molecular flexibility index (Phi) is 4.20. The van der Waals surface area contributed by atoms with Crippen LogP contribution in [0, 0.1) is 0 Å². The molecule has 1 aromatic carbocycles. The smallest absolute Gasteiger partial charge is 0.176 e. The molecule has 0 heterocycles. The quantitative estimate of drug-likeness (QED) is 0.768. The number of sulfone groups is 1. The van der Waals surface area contributed by atoms with Crippen LogP contribution in [0.4, 0.5) is 0 Å². The Balaban J connectivity index is 2.91. The van der Waals surface area contributed by atoms with Gasteiger partial charge in [0.05, 0.1) is 12.3 Å². The van der Waals surface area contributed by atoms with Gasteiger partial charge in [-0.1, -0.05) is 18.2 Å². The lowest BCUT2D eigenvalue weighted by Gasteiger charge is -2.03. The molecule has 0 atom stereocenters. The summed E-state index contributed by atoms with van der Waals surface area (Å²) >= 11 is 0. The number of hydrogen-bond acceptors (Lipinski definition) is 4. The number of hydrogen-bond donors (Lipinski definition) is 1. The van der Waals surface area contributed by atoms with E-state index in [-0.39, 0.29) is 18.1 Å². The maximum absolute atomic E-state index is 11.6. The fourth-order valence-corrected chi connectivity index (χ4v) is 2.18. The first-order chi connectivity index (χ1) is 7.42. The number of nitrogens with one attached hydrogen (secondary N) is 1. The van der Waals surface area contributed by atoms with Gasteiger partial charge in [-0.2, -0.15) is 0 Å². The van der Waals surface area contributed by atoms with Crippen LogP contribution in [0.3, 0.4) is 0 Å². The summed E-state index contributed by atoms with van der Waals surface area (Å²) in [6.07, 6.45) is 1.18. The van der Waals surface area contributed by atoms with Crippen LogP contribution < -0.4 is 5.32 Å². The third kappa shape index (κ3) is 4.12. The summed E-state index contributed by atoms with van der Waals surface area (Å²) in [6.45, 7) is 0.252. The van der Waals surface area contributed by atoms with Crippen LogP contribution in [0.2, 0.25) is 0 Å². The van der Waals surface area contributed by atoms with E-state index in [1.807, 2.05) is 0 Å². The molecule has 16 heavy (non-hydrogen) atoms. The summed E-state index contributed by atoms with van der Waals surface area (Å²) in [7, 11) is -1.37. The highest BCUT2D eigenvalue weighted by atomic mass is 32.2. The molecule has 0 fully saturated rings. The second-order valence-electron chi connectivity index (χ2n) is 3.72. The first kappa shape index (κ1) is 12.9. The minimum Gasteiger partial charge on any atom is -0.313 e. The maximum Gasteiger partial charge on any atom is 0.176 e. The Morgan fingerprint density at radius 3 is 2.62 bits per heavy atom. The first-order valence-electron chi connectivity index (χ1n) is 4.87. The molecule has 1 N–H and O–H groups in total. The van der Waals surface area contributed by atoms with Gasteiger partial charge in [0.1, 0.15) is 0 Å². The topological polar surface area (TPSA) is 63.2 Å². The molecular weight excluding hydrogens is 226 g/mol. The summed E-state index contributed by atoms with van der Waals surface area (Å²) < 4.78 is 22.2. The van der Waals surface area contributed by atoms with E-state index in [1.165, 1.54) is 6.26 Å². The molecule has 0 unspecified atom stereocenters. The molecule has 0 spiro atoms. The maximum atomic E-state index is 11.6. The lowest BCUT2D eigenvalue weighted by Crippen LogP contribution is -2.18. The van der Waals surface area contributed by atoms with Gasteiger partial charge >= 0.3 is 0 Å². The molecular formula is C11H15NO3S. The standard InChI is InChI=1S/C11H15NO3S/c1-12-7-11(13)10-5-3-4-9(6-10)8-16(2,14)15/h3-6,12H,7-8H2,1-2H3. The molecule has 4 nitrogen and oxygen atoms in total. The average molecular weight is 241 g/mol. The van der Waals surface area contributed by atoms with Crippen molar-refractivity contribution < 1.29 is 13.2 Å². The number of benzene rings is 1. The fourth-order valence-electron chi connectivity index (χ4n) is 1.40. The van der Waals surface area contributed by atoms with Gasteiger partial charge in [0, 0.05) is 11.8 Å². The highest BCUT2D eigenvalue weighted by Gasteiger charge is 2.08. The molecule has 0 aliphatic carbocycles. The van der Waals surface area contributed by atoms with Crippen molar-refractivity contribution in [2.24, 2.45) is 0 Å². The van der Waals surface area contributed by atoms with Crippen molar-refractivity contribution in [3.8, 4) is 0 Å². The van der Waals surface area contributed by atoms with Crippen molar-refractivity contribution in [2.45, 2.75) is 5.75 Å². The number of carbonyl (C=O) groups is 1. The average Bonchev–Trinajstić information content (AvgIpc) is 2.16. The Morgan fingerprint density at radius 2 is 2.06 bits per heavy atom. The SMILES string of the molecule is CNCC(=O)c1cccc(CS(C)(=O)=O)c1. The molecule has 0 amide bonds. The minimum atomic E-state index is -3.06. The van der Waals surface area contributed by atoms with Crippen LogP contribution in [0.1, 0.15) is 15.9 Å². The minimum absolute atomic E-state index is 0.0341. The van der Waals surface area contributed by atoms with Gasteiger partial charge in [0.25, 0.3) is 0 Å². The molecule has 0 aliphatic heterocycles. The number of ketones is 1. The van der Waals surface area contributed by atoms with Crippen molar-refractivity contribution in [2.75, 3.05) is 19.8 Å². The van der Waals surface area contributed by atoms with E-state index < -0.39 is 9.84 Å². The van der Waals surface area contributed by atoms with Gasteiger partial charge in [0.2, 0.25) is 0 Å². The number of likely N-dealkylation sites (N-methyl/N-ethyl adjacent to an activating group) is 1. The Morgan fingerprint density at radius 1 is 1.38 bits per heavy atom. The Bertz CT molecular complexity index is 480. The molecule has 1 rings (SSSR count). The number of carbonyl (C=O) groups excluding carboxylic acids is 1. The van der Waals surface area contributed by atoms with Crippen molar-refractivity contribution in [3.05, 3.63) is 35.4 Å². The molecule has 0 saturated heterocycles. The van der Waals surface area contributed by atoms with Crippen LogP contribution >= 0.6 is 0 Å². The summed E-state index contributed by atoms with van der Waals surface area (Å²) in [4.78, 5) is 11.6. The van der Waals surface area contributed by atoms with E-state index in [0.29, 0.717) is 11.1 Å². The van der Waals surface area contributed by atoms with Crippen LogP contribution in [0.15, 0.2) is 24.3 Å². The summed E-state index contributed by atoms with van der Waals surface area (Å²) in [5.74, 6) is -0.0777. The second-order valence-corrected chi connectivity index (χ2v) is 5.86. The largest absolute Gasteiger partial charge is 0.313 e. The van der Waals surface area contributed by atoms with Gasteiger partial charge in [-0.25, -0.2) is 8.42 Å². The van der Waals surface area contributed by atoms with Gasteiger partial charge in [-0.3, -0.25) is 4.79 Å². The lowest BCUT2D eigenvalue weighted by molar-refractivity contribution is 0.0993. The molecule has 0 radical (unpaired) electrons. The summed E-state index contributed by atoms with van der Waals surface area (Å²) in [6, 6.07) is 6.72. The molecule has 0 bridgehead atoms. The van der Waals surface area contributed by atoms with Crippen molar-refractivity contribution in [3.63, 3.8) is 0 Å². The van der Waals surface area contributed by atoms with Gasteiger partial charge in [-0.15, -0.1) is 0 Å². The zero-order valence-electron chi connectivity index (χ0n) is 9.36. The monoisotopic (exact) mass is 241 g/mol. The summed E-state index contributed by atoms with van der Waals surface area (Å²) in [5.41, 5.74) is 1.18. The Labute approximate surface area is 95.6 Å². The van der Waals surface area contributed by atoms with Crippen LogP contribution in [0.5, 0.6) is 0 Å². The predicted molar refractivity (Wildman–Crippen MR) is 63.2 cm³/mol. The third-order valence-electron chi connectivity index (χ3n) is 2.02. The molecule has 0 aromatic heterocycles.